The predicted molar refractivity (Wildman–Crippen MR) is 149 cm³/mol. The molecule has 1 amide bonds. The van der Waals surface area contributed by atoms with Gasteiger partial charge in [0.15, 0.2) is 0 Å². The topological polar surface area (TPSA) is 116 Å². The average molecular weight is 615 g/mol. The van der Waals surface area contributed by atoms with E-state index in [-0.39, 0.29) is 29.9 Å². The lowest BCUT2D eigenvalue weighted by Gasteiger charge is -2.37. The monoisotopic (exact) mass is 614 g/mol. The van der Waals surface area contributed by atoms with Crippen LogP contribution in [0.5, 0.6) is 0 Å². The van der Waals surface area contributed by atoms with E-state index in [0.717, 1.165) is 16.4 Å². The summed E-state index contributed by atoms with van der Waals surface area (Å²) in [6, 6.07) is 9.38. The van der Waals surface area contributed by atoms with Gasteiger partial charge in [-0.05, 0) is 54.3 Å². The lowest BCUT2D eigenvalue weighted by Crippen LogP contribution is -2.47. The van der Waals surface area contributed by atoms with E-state index in [2.05, 4.69) is 9.97 Å². The van der Waals surface area contributed by atoms with Crippen LogP contribution in [0, 0.1) is 5.82 Å². The second-order valence-electron chi connectivity index (χ2n) is 9.39. The molecule has 3 aromatic rings. The first kappa shape index (κ1) is 30.5. The molecule has 2 atom stereocenters. The molecule has 0 radical (unpaired) electrons. The number of hydrogen-bond acceptors (Lipinski definition) is 6. The Labute approximate surface area is 241 Å². The third-order valence-electron chi connectivity index (χ3n) is 6.86. The second kappa shape index (κ2) is 12.6. The predicted octanol–water partition coefficient (Wildman–Crippen LogP) is 4.39. The lowest BCUT2D eigenvalue weighted by molar-refractivity contribution is -0.141. The van der Waals surface area contributed by atoms with Crippen LogP contribution < -0.4 is 19.8 Å². The Kier molecular flexibility index (Phi) is 9.34. The van der Waals surface area contributed by atoms with Crippen molar-refractivity contribution in [2.75, 3.05) is 47.3 Å². The molecule has 2 aromatic heterocycles. The maximum absolute atomic E-state index is 14.7. The van der Waals surface area contributed by atoms with Gasteiger partial charge in [0, 0.05) is 39.4 Å². The van der Waals surface area contributed by atoms with Gasteiger partial charge in [-0.2, -0.15) is 13.2 Å². The van der Waals surface area contributed by atoms with Gasteiger partial charge in [0.25, 0.3) is 11.3 Å². The molecule has 41 heavy (non-hydrogen) atoms. The van der Waals surface area contributed by atoms with E-state index in [0.29, 0.717) is 42.6 Å². The number of carbonyl (C=O) groups is 1. The Morgan fingerprint density at radius 1 is 1.15 bits per heavy atom. The second-order valence-corrected chi connectivity index (χ2v) is 10.8. The highest BCUT2D eigenvalue weighted by Gasteiger charge is 2.34. The van der Waals surface area contributed by atoms with Gasteiger partial charge in [0.2, 0.25) is 5.91 Å². The van der Waals surface area contributed by atoms with E-state index < -0.39 is 40.8 Å². The summed E-state index contributed by atoms with van der Waals surface area (Å²) >= 11 is 3.80. The molecular formula is C26H27ClF4N6O3S. The molecule has 1 aliphatic heterocycles. The van der Waals surface area contributed by atoms with E-state index in [1.807, 2.05) is 4.90 Å². The van der Waals surface area contributed by atoms with Gasteiger partial charge in [-0.3, -0.25) is 13.7 Å². The number of halogens is 5. The summed E-state index contributed by atoms with van der Waals surface area (Å²) in [6.07, 6.45) is -2.85. The van der Waals surface area contributed by atoms with E-state index >= 15 is 0 Å². The average Bonchev–Trinajstić information content (AvgIpc) is 2.92. The highest BCUT2D eigenvalue weighted by Crippen LogP contribution is 2.34. The van der Waals surface area contributed by atoms with E-state index in [4.69, 9.17) is 17.3 Å². The van der Waals surface area contributed by atoms with Crippen molar-refractivity contribution in [1.82, 2.24) is 9.97 Å². The van der Waals surface area contributed by atoms with Gasteiger partial charge in [-0.1, -0.05) is 23.7 Å². The van der Waals surface area contributed by atoms with Crippen molar-refractivity contribution in [3.63, 3.8) is 0 Å². The fourth-order valence-electron chi connectivity index (χ4n) is 4.70. The maximum atomic E-state index is 14.7. The number of amides is 1. The number of alkyl halides is 3. The Morgan fingerprint density at radius 3 is 2.37 bits per heavy atom. The van der Waals surface area contributed by atoms with Gasteiger partial charge >= 0.3 is 6.18 Å². The number of rotatable bonds is 9. The quantitative estimate of drug-likeness (QED) is 0.271. The van der Waals surface area contributed by atoms with Crippen molar-refractivity contribution in [3.8, 4) is 0 Å². The molecule has 1 fully saturated rings. The molecule has 2 unspecified atom stereocenters. The minimum atomic E-state index is -4.66. The molecule has 3 heterocycles. The van der Waals surface area contributed by atoms with Gasteiger partial charge in [-0.15, -0.1) is 0 Å². The van der Waals surface area contributed by atoms with E-state index in [1.165, 1.54) is 25.2 Å². The Bertz CT molecular complexity index is 1440. The smallest absolute Gasteiger partial charge is 0.369 e. The van der Waals surface area contributed by atoms with Crippen LogP contribution in [-0.2, 0) is 28.7 Å². The standard InChI is InChI=1S/C26H27ClF4N6O3S/c1-35(41(39)40)21-8-5-17(15-20(21)28)18(23(32)38)7-4-16-6-9-22(26(29,30)31)34-24(16)36-11-13-37(14-12-36)25-19(27)3-2-10-33-25/h2-3,5-6,8-10,15,18H,4,7,11-14H2,1H3,(H2,32,38)(H,39,40). The number of benzene rings is 1. The highest BCUT2D eigenvalue weighted by atomic mass is 35.5. The molecule has 4 rings (SSSR count). The Hall–Kier alpha value is -3.49. The molecule has 220 valence electrons. The molecule has 0 bridgehead atoms. The summed E-state index contributed by atoms with van der Waals surface area (Å²) in [7, 11) is 1.23. The molecule has 0 spiro atoms. The summed E-state index contributed by atoms with van der Waals surface area (Å²) in [5.41, 5.74) is 5.13. The number of pyridine rings is 2. The van der Waals surface area contributed by atoms with E-state index in [9.17, 15) is 31.1 Å². The van der Waals surface area contributed by atoms with E-state index in [1.54, 1.807) is 23.2 Å². The molecule has 15 heteroatoms. The van der Waals surface area contributed by atoms with Crippen LogP contribution in [0.2, 0.25) is 5.02 Å². The zero-order chi connectivity index (χ0) is 29.9. The number of aromatic nitrogens is 2. The van der Waals surface area contributed by atoms with Crippen LogP contribution in [0.1, 0.15) is 29.2 Å². The number of anilines is 3. The summed E-state index contributed by atoms with van der Waals surface area (Å²) in [4.78, 5) is 24.3. The zero-order valence-electron chi connectivity index (χ0n) is 21.8. The fourth-order valence-corrected chi connectivity index (χ4v) is 5.25. The van der Waals surface area contributed by atoms with Crippen molar-refractivity contribution in [3.05, 3.63) is 76.3 Å². The maximum Gasteiger partial charge on any atom is 0.433 e. The van der Waals surface area contributed by atoms with Crippen molar-refractivity contribution >= 4 is 46.1 Å². The summed E-state index contributed by atoms with van der Waals surface area (Å²) < 4.78 is 76.7. The lowest BCUT2D eigenvalue weighted by atomic mass is 9.91. The Balaban J connectivity index is 1.57. The number of hydrogen-bond donors (Lipinski definition) is 2. The van der Waals surface area contributed by atoms with Crippen LogP contribution in [-0.4, -0.2) is 57.9 Å². The number of piperazine rings is 1. The van der Waals surface area contributed by atoms with Gasteiger partial charge in [0.1, 0.15) is 23.1 Å². The van der Waals surface area contributed by atoms with Crippen molar-refractivity contribution in [2.45, 2.75) is 24.9 Å². The highest BCUT2D eigenvalue weighted by molar-refractivity contribution is 7.80. The Morgan fingerprint density at radius 2 is 1.80 bits per heavy atom. The third kappa shape index (κ3) is 7.05. The summed E-state index contributed by atoms with van der Waals surface area (Å²) in [5.74, 6) is -1.82. The fraction of sp³-hybridized carbons (Fsp3) is 0.346. The first-order valence-electron chi connectivity index (χ1n) is 12.5. The summed E-state index contributed by atoms with van der Waals surface area (Å²) in [5, 5.41) is 0.470. The number of aryl methyl sites for hydroxylation is 1. The van der Waals surface area contributed by atoms with Crippen molar-refractivity contribution < 1.29 is 31.1 Å². The van der Waals surface area contributed by atoms with Gasteiger partial charge < -0.3 is 15.5 Å². The number of nitrogens with zero attached hydrogens (tertiary/aromatic N) is 5. The number of primary amides is 1. The van der Waals surface area contributed by atoms with Crippen molar-refractivity contribution in [2.24, 2.45) is 5.73 Å². The van der Waals surface area contributed by atoms with Gasteiger partial charge in [0.05, 0.1) is 16.6 Å². The molecule has 1 saturated heterocycles. The minimum Gasteiger partial charge on any atom is -0.369 e. The molecular weight excluding hydrogens is 588 g/mol. The normalized spacial score (nSPS) is 15.5. The van der Waals surface area contributed by atoms with Crippen LogP contribution in [0.15, 0.2) is 48.7 Å². The molecule has 3 N–H and O–H groups in total. The third-order valence-corrected chi connectivity index (χ3v) is 7.82. The van der Waals surface area contributed by atoms with Crippen LogP contribution in [0.3, 0.4) is 0 Å². The number of carbonyl (C=O) groups excluding carboxylic acids is 1. The SMILES string of the molecule is CN(c1ccc(C(CCc2ccc(C(F)(F)F)nc2N2CCN(c3ncccc3Cl)CC2)C(N)=O)cc1F)S(=O)O. The van der Waals surface area contributed by atoms with Gasteiger partial charge in [-0.25, -0.2) is 18.6 Å². The zero-order valence-corrected chi connectivity index (χ0v) is 23.4. The minimum absolute atomic E-state index is 0.0689. The first-order valence-corrected chi connectivity index (χ1v) is 13.9. The largest absolute Gasteiger partial charge is 0.433 e. The summed E-state index contributed by atoms with van der Waals surface area (Å²) in [6.45, 7) is 1.58. The molecule has 0 aliphatic carbocycles. The molecule has 9 nitrogen and oxygen atoms in total. The van der Waals surface area contributed by atoms with Crippen LogP contribution in [0.25, 0.3) is 0 Å². The first-order chi connectivity index (χ1) is 19.4. The van der Waals surface area contributed by atoms with Crippen LogP contribution >= 0.6 is 11.6 Å². The number of nitrogens with two attached hydrogens (primary N) is 1. The molecule has 0 saturated carbocycles. The molecule has 1 aromatic carbocycles. The molecule has 1 aliphatic rings. The van der Waals surface area contributed by atoms with Crippen molar-refractivity contribution in [1.29, 1.82) is 0 Å². The van der Waals surface area contributed by atoms with Crippen LogP contribution in [0.4, 0.5) is 34.9 Å².